The summed E-state index contributed by atoms with van der Waals surface area (Å²) in [6.07, 6.45) is 7.20. The van der Waals surface area contributed by atoms with Crippen molar-refractivity contribution in [2.24, 2.45) is 15.3 Å². The lowest BCUT2D eigenvalue weighted by molar-refractivity contribution is -0.385. The fourth-order valence-corrected chi connectivity index (χ4v) is 18.4. The van der Waals surface area contributed by atoms with Crippen LogP contribution in [0.25, 0.3) is 61.3 Å². The molecule has 4 aliphatic rings. The number of thiophene rings is 5. The summed E-state index contributed by atoms with van der Waals surface area (Å²) in [7, 11) is 3.60. The van der Waals surface area contributed by atoms with Crippen molar-refractivity contribution >= 4 is 190 Å². The van der Waals surface area contributed by atoms with Gasteiger partial charge in [0.2, 0.25) is 5.75 Å². The first-order valence-electron chi connectivity index (χ1n) is 41.5. The molecule has 1 amide bonds. The largest absolute Gasteiger partial charge is 0.505 e. The highest BCUT2D eigenvalue weighted by molar-refractivity contribution is 8.93. The summed E-state index contributed by atoms with van der Waals surface area (Å²) in [4.78, 5) is 101. The molecule has 14 aromatic rings. The number of amides is 1. The number of nitrogens with two attached hydrogens (primary N) is 3. The Morgan fingerprint density at radius 2 is 0.827 bits per heavy atom. The highest BCUT2D eigenvalue weighted by Gasteiger charge is 2.53. The summed E-state index contributed by atoms with van der Waals surface area (Å²) < 4.78 is 28.8. The number of phenols is 3. The molecular formula is C96H92BBr2N11O24S5. The number of anilines is 4. The van der Waals surface area contributed by atoms with Gasteiger partial charge in [0, 0.05) is 51.1 Å². The molecule has 0 atom stereocenters. The van der Waals surface area contributed by atoms with Crippen molar-refractivity contribution in [1.82, 2.24) is 9.78 Å². The Balaban J connectivity index is 0.000000170. The number of nitrogens with zero attached hydrogens (tertiary/aromatic N) is 7. The number of phenolic OH excluding ortho intramolecular Hbond substituents is 3. The van der Waals surface area contributed by atoms with Gasteiger partial charge in [-0.15, -0.1) is 101 Å². The second kappa shape index (κ2) is 46.4. The van der Waals surface area contributed by atoms with Gasteiger partial charge in [0.25, 0.3) is 11.5 Å². The highest BCUT2D eigenvalue weighted by Crippen LogP contribution is 2.45. The number of hydrogen-bond donors (Lipinski definition) is 12. The van der Waals surface area contributed by atoms with Crippen LogP contribution in [-0.4, -0.2) is 142 Å². The van der Waals surface area contributed by atoms with Crippen LogP contribution in [0.5, 0.6) is 34.5 Å². The minimum Gasteiger partial charge on any atom is -0.505 e. The number of aromatic hydroxyl groups is 3. The number of hydrazone groups is 1. The van der Waals surface area contributed by atoms with E-state index < -0.39 is 58.0 Å². The number of nitrogens with one attached hydrogen (secondary N) is 1. The Kier molecular flexibility index (Phi) is 35.5. The van der Waals surface area contributed by atoms with Crippen LogP contribution in [0.15, 0.2) is 223 Å². The summed E-state index contributed by atoms with van der Waals surface area (Å²) in [6.45, 7) is 11.3. The second-order valence-corrected chi connectivity index (χ2v) is 36.3. The number of H-pyrrole nitrogens is 1. The molecule has 35 nitrogen and oxygen atoms in total. The van der Waals surface area contributed by atoms with E-state index in [0.717, 1.165) is 99.2 Å². The Morgan fingerprint density at radius 1 is 0.468 bits per heavy atom. The Morgan fingerprint density at radius 3 is 1.23 bits per heavy atom. The molecule has 0 spiro atoms. The molecule has 8 aromatic carbocycles. The molecule has 2 aliphatic heterocycles. The maximum atomic E-state index is 13.0. The molecule has 139 heavy (non-hydrogen) atoms. The van der Waals surface area contributed by atoms with E-state index in [9.17, 15) is 69.1 Å². The van der Waals surface area contributed by atoms with Crippen molar-refractivity contribution in [2.45, 2.75) is 97.7 Å². The number of aromatic carboxylic acids is 5. The summed E-state index contributed by atoms with van der Waals surface area (Å²) in [5, 5.41) is 122. The molecule has 722 valence electrons. The van der Waals surface area contributed by atoms with Gasteiger partial charge in [-0.25, -0.2) is 33.7 Å². The molecule has 8 heterocycles. The number of nitro groups is 2. The maximum Gasteiger partial charge on any atom is 0.498 e. The number of ether oxygens (including phenoxy) is 3. The summed E-state index contributed by atoms with van der Waals surface area (Å²) in [6, 6.07) is 49.4. The quantitative estimate of drug-likeness (QED) is 0.00842. The lowest BCUT2D eigenvalue weighted by Crippen LogP contribution is -2.41. The number of aromatic nitrogens is 2. The van der Waals surface area contributed by atoms with Gasteiger partial charge in [-0.3, -0.25) is 34.9 Å². The van der Waals surface area contributed by atoms with E-state index >= 15 is 0 Å². The molecule has 43 heteroatoms. The van der Waals surface area contributed by atoms with Gasteiger partial charge in [-0.05, 0) is 236 Å². The molecule has 18 rings (SSSR count). The molecule has 0 bridgehead atoms. The normalized spacial score (nSPS) is 13.1. The van der Waals surface area contributed by atoms with E-state index in [1.54, 1.807) is 126 Å². The number of hydrogen-bond acceptors (Lipinski definition) is 30. The number of carbonyl (C=O) groups excluding carboxylic acids is 1. The number of carboxylic acids is 5. The third kappa shape index (κ3) is 24.8. The van der Waals surface area contributed by atoms with Crippen molar-refractivity contribution in [3.05, 3.63) is 286 Å². The molecule has 1 saturated heterocycles. The van der Waals surface area contributed by atoms with Crippen LogP contribution in [-0.2, 0) is 39.8 Å². The van der Waals surface area contributed by atoms with Crippen LogP contribution in [0.3, 0.4) is 0 Å². The van der Waals surface area contributed by atoms with E-state index in [-0.39, 0.29) is 128 Å². The average molecular weight is 2110 g/mol. The average Bonchev–Trinajstić information content (AvgIpc) is 1.61. The lowest BCUT2D eigenvalue weighted by Gasteiger charge is -2.32. The van der Waals surface area contributed by atoms with Crippen molar-refractivity contribution in [2.75, 3.05) is 43.5 Å². The van der Waals surface area contributed by atoms with Crippen LogP contribution < -0.4 is 47.4 Å². The SMILES string of the molecule is Br.Br.CC1=NN(c2ccc3c(c2)CCC3)C(=O)C1.COc1c(-c2csc(C(=O)O)c2)cccc1[N+](=O)[O-].COc1c(B2OC(C)(C)C(C)(C)O2)cccc1[N+](=O)[O-].COc1c(N)cccc1-c1csc(C(=O)O)c1.Cc1[nH]n(-c2ccc3c(c2)CCC3)c(=O)c1N=Nc1cccc(-c2csc(C(=O)O)c2)c1O.Nc1cccc(-c2csc(C(=O)O)c2)c1O.Nc1cccc(-c2csc(C(=O)O)c2)c1O. The summed E-state index contributed by atoms with van der Waals surface area (Å²) in [5.41, 5.74) is 31.9. The number of rotatable bonds is 20. The van der Waals surface area contributed by atoms with Crippen molar-refractivity contribution in [3.63, 3.8) is 0 Å². The van der Waals surface area contributed by atoms with E-state index in [2.05, 4.69) is 38.6 Å². The predicted molar refractivity (Wildman–Crippen MR) is 549 cm³/mol. The van der Waals surface area contributed by atoms with Crippen LogP contribution in [0.2, 0.25) is 0 Å². The van der Waals surface area contributed by atoms with Gasteiger partial charge in [0.1, 0.15) is 47.3 Å². The number of para-hydroxylation sites is 6. The van der Waals surface area contributed by atoms with Gasteiger partial charge in [0.15, 0.2) is 17.2 Å². The molecule has 0 unspecified atom stereocenters. The van der Waals surface area contributed by atoms with E-state index in [4.69, 9.17) is 66.3 Å². The number of aromatic amines is 1. The first-order valence-corrected chi connectivity index (χ1v) is 45.9. The number of nitrogen functional groups attached to an aromatic ring is 3. The Hall–Kier alpha value is -14.7. The van der Waals surface area contributed by atoms with Crippen LogP contribution in [0, 0.1) is 27.2 Å². The minimum atomic E-state index is -1.03. The number of aryl methyl sites for hydroxylation is 5. The predicted octanol–water partition coefficient (Wildman–Crippen LogP) is 21.4. The van der Waals surface area contributed by atoms with Crippen molar-refractivity contribution in [1.29, 1.82) is 0 Å². The van der Waals surface area contributed by atoms with Gasteiger partial charge < -0.3 is 81.6 Å². The molecule has 1 fully saturated rings. The van der Waals surface area contributed by atoms with E-state index in [1.807, 2.05) is 65.0 Å². The third-order valence-electron chi connectivity index (χ3n) is 22.2. The van der Waals surface area contributed by atoms with Gasteiger partial charge in [-0.1, -0.05) is 84.9 Å². The Bertz CT molecular complexity index is 6980. The Labute approximate surface area is 834 Å². The van der Waals surface area contributed by atoms with Crippen LogP contribution in [0.4, 0.5) is 45.5 Å². The number of carboxylic acid groups (broad SMARTS) is 5. The maximum absolute atomic E-state index is 13.0. The van der Waals surface area contributed by atoms with Gasteiger partial charge >= 0.3 is 48.3 Å². The fourth-order valence-electron chi connectivity index (χ4n) is 14.7. The fraction of sp³-hybridized carbons (Fsp3) is 0.188. The smallest absolute Gasteiger partial charge is 0.498 e. The van der Waals surface area contributed by atoms with Gasteiger partial charge in [0.05, 0.1) is 82.9 Å². The van der Waals surface area contributed by atoms with E-state index in [0.29, 0.717) is 78.4 Å². The van der Waals surface area contributed by atoms with Crippen LogP contribution >= 0.6 is 90.6 Å². The third-order valence-corrected chi connectivity index (χ3v) is 26.8. The number of methoxy groups -OCH3 is 3. The molecule has 6 aromatic heterocycles. The zero-order valence-corrected chi connectivity index (χ0v) is 83.0. The topological polar surface area (TPSA) is 553 Å². The number of azo groups is 1. The van der Waals surface area contributed by atoms with Gasteiger partial charge in [-0.2, -0.15) is 5.10 Å². The molecule has 0 radical (unpaired) electrons. The molecule has 0 saturated carbocycles. The zero-order valence-electron chi connectivity index (χ0n) is 75.5. The number of carbonyl (C=O) groups is 6. The highest BCUT2D eigenvalue weighted by atomic mass is 79.9. The second-order valence-electron chi connectivity index (χ2n) is 31.7. The van der Waals surface area contributed by atoms with Crippen molar-refractivity contribution < 1.29 is 103 Å². The van der Waals surface area contributed by atoms with E-state index in [1.165, 1.54) is 113 Å². The van der Waals surface area contributed by atoms with Crippen LogP contribution in [0.1, 0.15) is 130 Å². The first kappa shape index (κ1) is 106. The molecule has 2 aliphatic carbocycles. The number of halogens is 2. The lowest BCUT2D eigenvalue weighted by atomic mass is 9.78. The minimum absolute atomic E-state index is 0. The van der Waals surface area contributed by atoms with Crippen molar-refractivity contribution in [3.8, 4) is 95.8 Å². The summed E-state index contributed by atoms with van der Waals surface area (Å²) in [5.74, 6) is -4.14. The monoisotopic (exact) mass is 2110 g/mol. The molecule has 15 N–H and O–H groups in total. The number of nitro benzene ring substituents is 2. The zero-order chi connectivity index (χ0) is 99.2. The number of benzene rings is 8. The molecular weight excluding hydrogens is 2020 g/mol. The standard InChI is InChI=1S/C24H20N4O4S.C13H18BNO5.C13H14N2O.C12H9NO5S.C12H11NO3S.2C11H9NO3S.2BrH/c1-13-21(23(30)28(27-13)17-9-8-14-4-2-5-15(14)10-17)26-25-19-7-3-6-18(22(19)29)16-11-20(24(31)32)33-12-16;1-12(2)13(3,4)20-14(19-12)9-7-6-8-10(15(16)17)11(9)18-5;1-9-7-13(16)15(14-9)12-6-5-10-3-2-4-11(10)8-12;1-18-11-8(3-2-4-9(11)13(16)17)7-5-10(12(14)15)19-6-7;1-16-11-8(3-2-4-9(11)13)7-5-10(12(14)15)17-6-7;2*12-8-3-1-2-7(10(8)13)6-4-9(11(14)15)16-5-6;;/h3,6-12,27,29H,2,4-5H2,1H3,(H,31,32);6-8H,1-5H3;5-6,8H,2-4,7H2,1H3;2-6H,1H3,(H,14,15);2-6H,13H2,1H3,(H,14,15);2*1-5,13H,12H2,(H,14,15);2*1H. The summed E-state index contributed by atoms with van der Waals surface area (Å²) >= 11 is 5.55. The first-order chi connectivity index (χ1) is 65.2. The number of fused-ring (bicyclic) bond motifs is 2.